The molecule has 1 aliphatic rings. The molecule has 0 radical (unpaired) electrons. The fourth-order valence-corrected chi connectivity index (χ4v) is 3.85. The van der Waals surface area contributed by atoms with Crippen LogP contribution in [0.4, 0.5) is 0 Å². The molecule has 2 unspecified atom stereocenters. The first-order chi connectivity index (χ1) is 12.6. The average Bonchev–Trinajstić information content (AvgIpc) is 3.05. The van der Waals surface area contributed by atoms with Gasteiger partial charge in [-0.15, -0.1) is 0 Å². The highest BCUT2D eigenvalue weighted by atomic mass is 16.5. The number of hydrogen-bond acceptors (Lipinski definition) is 4. The highest BCUT2D eigenvalue weighted by Gasteiger charge is 2.34. The number of aliphatic hydroxyl groups excluding tert-OH is 1. The molecule has 1 fully saturated rings. The smallest absolute Gasteiger partial charge is 0.338 e. The van der Waals surface area contributed by atoms with Crippen LogP contribution in [0.5, 0.6) is 0 Å². The van der Waals surface area contributed by atoms with Gasteiger partial charge < -0.3 is 9.84 Å². The van der Waals surface area contributed by atoms with Crippen molar-refractivity contribution in [2.24, 2.45) is 5.92 Å². The molecule has 4 heteroatoms. The molecule has 2 atom stereocenters. The molecule has 2 aromatic carbocycles. The summed E-state index contributed by atoms with van der Waals surface area (Å²) in [5, 5.41) is 9.92. The number of benzene rings is 2. The maximum atomic E-state index is 12.1. The summed E-state index contributed by atoms with van der Waals surface area (Å²) in [5.41, 5.74) is 4.17. The van der Waals surface area contributed by atoms with Crippen molar-refractivity contribution < 1.29 is 14.6 Å². The van der Waals surface area contributed by atoms with Gasteiger partial charge in [0.1, 0.15) is 0 Å². The van der Waals surface area contributed by atoms with E-state index in [-0.39, 0.29) is 24.4 Å². The summed E-state index contributed by atoms with van der Waals surface area (Å²) in [5.74, 6) is 0.112. The summed E-state index contributed by atoms with van der Waals surface area (Å²) in [6.45, 7) is 7.03. The monoisotopic (exact) mass is 353 g/mol. The molecule has 1 aliphatic heterocycles. The van der Waals surface area contributed by atoms with Crippen LogP contribution in [0.2, 0.25) is 0 Å². The summed E-state index contributed by atoms with van der Waals surface area (Å²) in [7, 11) is 0. The number of likely N-dealkylation sites (tertiary alicyclic amines) is 1. The second-order valence-corrected chi connectivity index (χ2v) is 7.02. The molecule has 0 aliphatic carbocycles. The van der Waals surface area contributed by atoms with Gasteiger partial charge in [0.2, 0.25) is 0 Å². The molecule has 138 valence electrons. The lowest BCUT2D eigenvalue weighted by atomic mass is 9.86. The van der Waals surface area contributed by atoms with Gasteiger partial charge in [0.05, 0.1) is 12.2 Å². The van der Waals surface area contributed by atoms with E-state index >= 15 is 0 Å². The van der Waals surface area contributed by atoms with E-state index in [2.05, 4.69) is 36.1 Å². The number of carbonyl (C=O) groups excluding carboxylic acids is 1. The molecule has 26 heavy (non-hydrogen) atoms. The van der Waals surface area contributed by atoms with Gasteiger partial charge in [0, 0.05) is 38.1 Å². The Morgan fingerprint density at radius 3 is 2.65 bits per heavy atom. The van der Waals surface area contributed by atoms with Crippen LogP contribution in [0.3, 0.4) is 0 Å². The Labute approximate surface area is 155 Å². The Morgan fingerprint density at radius 2 is 1.96 bits per heavy atom. The molecule has 0 bridgehead atoms. The molecule has 1 N–H and O–H groups in total. The van der Waals surface area contributed by atoms with E-state index in [9.17, 15) is 9.90 Å². The number of ether oxygens (including phenoxy) is 1. The van der Waals surface area contributed by atoms with Gasteiger partial charge in [-0.05, 0) is 42.7 Å². The van der Waals surface area contributed by atoms with Crippen molar-refractivity contribution in [3.63, 3.8) is 0 Å². The lowest BCUT2D eigenvalue weighted by Gasteiger charge is -2.20. The van der Waals surface area contributed by atoms with Crippen molar-refractivity contribution in [3.8, 4) is 0 Å². The first-order valence-corrected chi connectivity index (χ1v) is 9.27. The molecule has 1 saturated heterocycles. The lowest BCUT2D eigenvalue weighted by Crippen LogP contribution is -2.20. The van der Waals surface area contributed by atoms with E-state index in [0.717, 1.165) is 30.8 Å². The van der Waals surface area contributed by atoms with Gasteiger partial charge in [0.25, 0.3) is 0 Å². The number of carbonyl (C=O) groups is 1. The van der Waals surface area contributed by atoms with E-state index in [1.807, 2.05) is 31.2 Å². The van der Waals surface area contributed by atoms with Crippen LogP contribution in [0, 0.1) is 12.8 Å². The molecule has 1 heterocycles. The van der Waals surface area contributed by atoms with Crippen LogP contribution in [-0.2, 0) is 11.3 Å². The largest absolute Gasteiger partial charge is 0.462 e. The van der Waals surface area contributed by atoms with Crippen molar-refractivity contribution in [1.82, 2.24) is 4.90 Å². The van der Waals surface area contributed by atoms with E-state index < -0.39 is 0 Å². The van der Waals surface area contributed by atoms with Gasteiger partial charge in [-0.2, -0.15) is 0 Å². The molecule has 0 saturated carbocycles. The van der Waals surface area contributed by atoms with Crippen molar-refractivity contribution in [1.29, 1.82) is 0 Å². The Balaban J connectivity index is 1.81. The molecule has 0 aromatic heterocycles. The SMILES string of the molecule is CCOC(=O)c1ccc(C)c(C2CN(Cc3ccccc3)CC2CO)c1. The zero-order valence-electron chi connectivity index (χ0n) is 15.5. The summed E-state index contributed by atoms with van der Waals surface area (Å²) in [4.78, 5) is 14.5. The van der Waals surface area contributed by atoms with Crippen LogP contribution in [0.25, 0.3) is 0 Å². The number of rotatable bonds is 6. The van der Waals surface area contributed by atoms with E-state index in [1.165, 1.54) is 5.56 Å². The summed E-state index contributed by atoms with van der Waals surface area (Å²) < 4.78 is 5.14. The average molecular weight is 353 g/mol. The maximum absolute atomic E-state index is 12.1. The second kappa shape index (κ2) is 8.47. The molecular formula is C22H27NO3. The Bertz CT molecular complexity index is 744. The third-order valence-electron chi connectivity index (χ3n) is 5.19. The summed E-state index contributed by atoms with van der Waals surface area (Å²) in [6, 6.07) is 16.2. The standard InChI is InChI=1S/C22H27NO3/c1-3-26-22(25)18-10-9-16(2)20(11-18)21-14-23(13-19(21)15-24)12-17-7-5-4-6-8-17/h4-11,19,21,24H,3,12-15H2,1-2H3. The topological polar surface area (TPSA) is 49.8 Å². The zero-order chi connectivity index (χ0) is 18.5. The molecule has 0 spiro atoms. The highest BCUT2D eigenvalue weighted by Crippen LogP contribution is 2.35. The fraction of sp³-hybridized carbons (Fsp3) is 0.409. The van der Waals surface area contributed by atoms with Crippen molar-refractivity contribution in [2.75, 3.05) is 26.3 Å². The predicted octanol–water partition coefficient (Wildman–Crippen LogP) is 3.38. The van der Waals surface area contributed by atoms with Crippen LogP contribution in [-0.4, -0.2) is 42.3 Å². The first kappa shape index (κ1) is 18.6. The number of aryl methyl sites for hydroxylation is 1. The van der Waals surface area contributed by atoms with E-state index in [1.54, 1.807) is 0 Å². The minimum atomic E-state index is -0.284. The van der Waals surface area contributed by atoms with Crippen molar-refractivity contribution in [3.05, 3.63) is 70.8 Å². The van der Waals surface area contributed by atoms with Crippen LogP contribution in [0.15, 0.2) is 48.5 Å². The number of hydrogen-bond donors (Lipinski definition) is 1. The summed E-state index contributed by atoms with van der Waals surface area (Å²) >= 11 is 0. The minimum absolute atomic E-state index is 0.152. The quantitative estimate of drug-likeness (QED) is 0.809. The molecule has 3 rings (SSSR count). The third kappa shape index (κ3) is 4.14. The lowest BCUT2D eigenvalue weighted by molar-refractivity contribution is 0.0526. The van der Waals surface area contributed by atoms with Crippen LogP contribution in [0.1, 0.15) is 39.9 Å². The van der Waals surface area contributed by atoms with Crippen molar-refractivity contribution >= 4 is 5.97 Å². The number of nitrogens with zero attached hydrogens (tertiary/aromatic N) is 1. The first-order valence-electron chi connectivity index (χ1n) is 9.27. The zero-order valence-corrected chi connectivity index (χ0v) is 15.5. The van der Waals surface area contributed by atoms with Gasteiger partial charge in [-0.3, -0.25) is 4.90 Å². The van der Waals surface area contributed by atoms with E-state index in [0.29, 0.717) is 12.2 Å². The highest BCUT2D eigenvalue weighted by molar-refractivity contribution is 5.89. The van der Waals surface area contributed by atoms with Gasteiger partial charge in [-0.1, -0.05) is 36.4 Å². The Morgan fingerprint density at radius 1 is 1.19 bits per heavy atom. The minimum Gasteiger partial charge on any atom is -0.462 e. The van der Waals surface area contributed by atoms with Crippen LogP contribution < -0.4 is 0 Å². The van der Waals surface area contributed by atoms with Gasteiger partial charge in [-0.25, -0.2) is 4.79 Å². The second-order valence-electron chi connectivity index (χ2n) is 7.02. The van der Waals surface area contributed by atoms with E-state index in [4.69, 9.17) is 4.74 Å². The Hall–Kier alpha value is -2.17. The molecule has 0 amide bonds. The maximum Gasteiger partial charge on any atom is 0.338 e. The Kier molecular flexibility index (Phi) is 6.07. The fourth-order valence-electron chi connectivity index (χ4n) is 3.85. The molecular weight excluding hydrogens is 326 g/mol. The van der Waals surface area contributed by atoms with Crippen LogP contribution >= 0.6 is 0 Å². The third-order valence-corrected chi connectivity index (χ3v) is 5.19. The van der Waals surface area contributed by atoms with Crippen molar-refractivity contribution in [2.45, 2.75) is 26.3 Å². The molecule has 4 nitrogen and oxygen atoms in total. The normalized spacial score (nSPS) is 20.3. The number of esters is 1. The molecule has 2 aromatic rings. The number of aliphatic hydroxyl groups is 1. The van der Waals surface area contributed by atoms with Gasteiger partial charge in [0.15, 0.2) is 0 Å². The summed E-state index contributed by atoms with van der Waals surface area (Å²) in [6.07, 6.45) is 0. The predicted molar refractivity (Wildman–Crippen MR) is 102 cm³/mol. The van der Waals surface area contributed by atoms with Gasteiger partial charge >= 0.3 is 5.97 Å².